The van der Waals surface area contributed by atoms with Gasteiger partial charge >= 0.3 is 6.36 Å². The lowest BCUT2D eigenvalue weighted by molar-refractivity contribution is -0.275. The molecule has 0 saturated carbocycles. The molecule has 29 heavy (non-hydrogen) atoms. The van der Waals surface area contributed by atoms with E-state index in [1.165, 1.54) is 17.9 Å². The molecule has 2 aliphatic rings. The number of fused-ring (bicyclic) bond motifs is 1. The van der Waals surface area contributed by atoms with Crippen molar-refractivity contribution in [3.8, 4) is 5.75 Å². The lowest BCUT2D eigenvalue weighted by Gasteiger charge is -2.25. The number of nitrogens with one attached hydrogen (secondary N) is 1. The summed E-state index contributed by atoms with van der Waals surface area (Å²) in [5.74, 6) is -4.19. The average Bonchev–Trinajstić information content (AvgIpc) is 3.26. The van der Waals surface area contributed by atoms with Crippen molar-refractivity contribution in [3.05, 3.63) is 27.8 Å². The van der Waals surface area contributed by atoms with E-state index in [0.717, 1.165) is 6.07 Å². The van der Waals surface area contributed by atoms with Gasteiger partial charge in [-0.15, -0.1) is 24.5 Å². The second-order valence-corrected chi connectivity index (χ2v) is 8.60. The van der Waals surface area contributed by atoms with Gasteiger partial charge in [0.2, 0.25) is 5.91 Å². The third-order valence-corrected chi connectivity index (χ3v) is 6.58. The lowest BCUT2D eigenvalue weighted by Crippen LogP contribution is -2.52. The Labute approximate surface area is 170 Å². The van der Waals surface area contributed by atoms with Crippen molar-refractivity contribution < 1.29 is 36.9 Å². The van der Waals surface area contributed by atoms with Crippen LogP contribution in [0.25, 0.3) is 10.1 Å². The first-order valence-corrected chi connectivity index (χ1v) is 9.70. The number of aliphatic hydroxyl groups is 1. The second kappa shape index (κ2) is 6.67. The molecular formula is C17H15ClF4N2O4S. The van der Waals surface area contributed by atoms with E-state index in [0.29, 0.717) is 24.3 Å². The number of benzene rings is 1. The summed E-state index contributed by atoms with van der Waals surface area (Å²) in [6, 6.07) is 2.01. The number of amides is 1. The number of likely N-dealkylation sites (tertiary alicyclic amines) is 1. The van der Waals surface area contributed by atoms with E-state index in [4.69, 9.17) is 16.3 Å². The van der Waals surface area contributed by atoms with Gasteiger partial charge in [-0.2, -0.15) is 0 Å². The van der Waals surface area contributed by atoms with Crippen molar-refractivity contribution in [2.24, 2.45) is 0 Å². The summed E-state index contributed by atoms with van der Waals surface area (Å²) >= 11 is 6.91. The summed E-state index contributed by atoms with van der Waals surface area (Å²) in [5.41, 5.74) is -0.610. The van der Waals surface area contributed by atoms with Crippen LogP contribution in [0.1, 0.15) is 23.0 Å². The topological polar surface area (TPSA) is 71.0 Å². The number of alkyl halides is 3. The van der Waals surface area contributed by atoms with Gasteiger partial charge in [0.1, 0.15) is 4.88 Å². The Hall–Kier alpha value is -1.66. The van der Waals surface area contributed by atoms with Crippen molar-refractivity contribution in [3.63, 3.8) is 0 Å². The molecule has 1 amide bonds. The van der Waals surface area contributed by atoms with E-state index in [-0.39, 0.29) is 33.1 Å². The highest BCUT2D eigenvalue weighted by atomic mass is 35.5. The zero-order chi connectivity index (χ0) is 21.2. The van der Waals surface area contributed by atoms with E-state index in [2.05, 4.69) is 10.1 Å². The Balaban J connectivity index is 1.62. The quantitative estimate of drug-likeness (QED) is 0.680. The highest BCUT2D eigenvalue weighted by molar-refractivity contribution is 7.21. The highest BCUT2D eigenvalue weighted by Crippen LogP contribution is 2.42. The molecule has 3 heterocycles. The Morgan fingerprint density at radius 2 is 2.17 bits per heavy atom. The van der Waals surface area contributed by atoms with Crippen LogP contribution in [0.2, 0.25) is 5.02 Å². The predicted molar refractivity (Wildman–Crippen MR) is 96.4 cm³/mol. The molecule has 0 radical (unpaired) electrons. The molecule has 2 unspecified atom stereocenters. The van der Waals surface area contributed by atoms with E-state index >= 15 is 0 Å². The third-order valence-electron chi connectivity index (χ3n) is 4.89. The summed E-state index contributed by atoms with van der Waals surface area (Å²) in [4.78, 5) is 14.5. The molecule has 0 aliphatic carbocycles. The summed E-state index contributed by atoms with van der Waals surface area (Å²) in [6.45, 7) is 2.24. The molecule has 2 atom stereocenters. The summed E-state index contributed by atoms with van der Waals surface area (Å²) in [7, 11) is 0. The van der Waals surface area contributed by atoms with Crippen LogP contribution in [0.4, 0.5) is 17.6 Å². The lowest BCUT2D eigenvalue weighted by atomic mass is 10.0. The molecule has 6 nitrogen and oxygen atoms in total. The number of hydrogen-bond donors (Lipinski definition) is 2. The standard InChI is InChI=1S/C17H15ClF4N2O4S/c1-15(26)23-16(7-27-15)4-5-24(6-16)14(25)13-10(18)8-2-3-9(28-17(20,21)22)11(19)12(8)29-13/h2-3,23,26H,4-7H2,1H3. The van der Waals surface area contributed by atoms with Gasteiger partial charge in [-0.25, -0.2) is 4.39 Å². The molecule has 4 rings (SSSR count). The minimum Gasteiger partial charge on any atom is -0.403 e. The normalized spacial score (nSPS) is 27.3. The van der Waals surface area contributed by atoms with Gasteiger partial charge in [-0.1, -0.05) is 11.6 Å². The van der Waals surface area contributed by atoms with E-state index in [1.807, 2.05) is 0 Å². The number of carbonyl (C=O) groups excluding carboxylic acids is 1. The molecule has 2 aromatic rings. The fourth-order valence-corrected chi connectivity index (χ4v) is 5.17. The molecule has 2 N–H and O–H groups in total. The molecule has 2 saturated heterocycles. The number of ether oxygens (including phenoxy) is 2. The molecule has 0 bridgehead atoms. The van der Waals surface area contributed by atoms with Gasteiger partial charge in [-0.05, 0) is 18.6 Å². The van der Waals surface area contributed by atoms with Crippen LogP contribution in [0.15, 0.2) is 12.1 Å². The van der Waals surface area contributed by atoms with Gasteiger partial charge in [0.25, 0.3) is 5.91 Å². The first-order chi connectivity index (χ1) is 13.4. The fraction of sp³-hybridized carbons (Fsp3) is 0.471. The highest BCUT2D eigenvalue weighted by Gasteiger charge is 2.50. The molecule has 2 fully saturated rings. The number of thiophene rings is 1. The average molecular weight is 455 g/mol. The number of hydrogen-bond acceptors (Lipinski definition) is 6. The van der Waals surface area contributed by atoms with E-state index in [9.17, 15) is 27.5 Å². The number of halogens is 5. The largest absolute Gasteiger partial charge is 0.573 e. The fourth-order valence-electron chi connectivity index (χ4n) is 3.67. The number of carbonyl (C=O) groups is 1. The molecule has 158 valence electrons. The van der Waals surface area contributed by atoms with Crippen LogP contribution in [-0.4, -0.2) is 53.4 Å². The Morgan fingerprint density at radius 1 is 1.45 bits per heavy atom. The zero-order valence-corrected chi connectivity index (χ0v) is 16.5. The molecule has 1 spiro atoms. The summed E-state index contributed by atoms with van der Waals surface area (Å²) < 4.78 is 60.6. The van der Waals surface area contributed by atoms with Gasteiger partial charge in [0.15, 0.2) is 11.6 Å². The molecular weight excluding hydrogens is 440 g/mol. The van der Waals surface area contributed by atoms with Crippen molar-refractivity contribution >= 4 is 38.9 Å². The zero-order valence-electron chi connectivity index (χ0n) is 14.9. The van der Waals surface area contributed by atoms with E-state index < -0.39 is 35.3 Å². The minimum atomic E-state index is -5.05. The number of nitrogens with zero attached hydrogens (tertiary/aromatic N) is 1. The van der Waals surface area contributed by atoms with Crippen LogP contribution in [0.3, 0.4) is 0 Å². The molecule has 1 aromatic carbocycles. The maximum atomic E-state index is 14.5. The first kappa shape index (κ1) is 20.6. The van der Waals surface area contributed by atoms with Gasteiger partial charge in [-0.3, -0.25) is 10.1 Å². The van der Waals surface area contributed by atoms with Crippen molar-refractivity contribution in [1.29, 1.82) is 0 Å². The minimum absolute atomic E-state index is 0.0208. The predicted octanol–water partition coefficient (Wildman–Crippen LogP) is 3.46. The summed E-state index contributed by atoms with van der Waals surface area (Å²) in [6.07, 6.45) is -4.52. The maximum Gasteiger partial charge on any atom is 0.573 e. The monoisotopic (exact) mass is 454 g/mol. The van der Waals surface area contributed by atoms with Crippen molar-refractivity contribution in [2.75, 3.05) is 19.7 Å². The maximum absolute atomic E-state index is 14.5. The van der Waals surface area contributed by atoms with Crippen LogP contribution >= 0.6 is 22.9 Å². The first-order valence-electron chi connectivity index (χ1n) is 8.51. The van der Waals surface area contributed by atoms with Gasteiger partial charge in [0.05, 0.1) is 21.9 Å². The molecule has 1 aromatic heterocycles. The van der Waals surface area contributed by atoms with Gasteiger partial charge in [0, 0.05) is 25.4 Å². The summed E-state index contributed by atoms with van der Waals surface area (Å²) in [5, 5.41) is 13.0. The molecule has 2 aliphatic heterocycles. The van der Waals surface area contributed by atoms with Crippen LogP contribution in [0, 0.1) is 5.82 Å². The Morgan fingerprint density at radius 3 is 2.79 bits per heavy atom. The Kier molecular flexibility index (Phi) is 4.74. The Bertz CT molecular complexity index is 996. The van der Waals surface area contributed by atoms with E-state index in [1.54, 1.807) is 0 Å². The third kappa shape index (κ3) is 3.77. The van der Waals surface area contributed by atoms with Crippen molar-refractivity contribution in [1.82, 2.24) is 10.2 Å². The van der Waals surface area contributed by atoms with Crippen molar-refractivity contribution in [2.45, 2.75) is 31.2 Å². The second-order valence-electron chi connectivity index (χ2n) is 7.20. The van der Waals surface area contributed by atoms with Crippen LogP contribution < -0.4 is 10.1 Å². The number of rotatable bonds is 2. The smallest absolute Gasteiger partial charge is 0.403 e. The van der Waals surface area contributed by atoms with Gasteiger partial charge < -0.3 is 19.5 Å². The SMILES string of the molecule is CC1(O)NC2(CCN(C(=O)c3sc4c(F)c(OC(F)(F)F)ccc4c3Cl)C2)CO1. The van der Waals surface area contributed by atoms with Crippen LogP contribution in [-0.2, 0) is 4.74 Å². The molecule has 12 heteroatoms. The van der Waals surface area contributed by atoms with Crippen LogP contribution in [0.5, 0.6) is 5.75 Å².